The molecule has 142 valence electrons. The third kappa shape index (κ3) is 7.00. The molecule has 8 heteroatoms. The van der Waals surface area contributed by atoms with Crippen LogP contribution in [0.3, 0.4) is 0 Å². The summed E-state index contributed by atoms with van der Waals surface area (Å²) in [6, 6.07) is 9.99. The highest BCUT2D eigenvalue weighted by molar-refractivity contribution is 6.04. The molecule has 2 aromatic rings. The summed E-state index contributed by atoms with van der Waals surface area (Å²) in [5.41, 5.74) is 7.93. The minimum absolute atomic E-state index is 0. The summed E-state index contributed by atoms with van der Waals surface area (Å²) in [4.78, 5) is 27.9. The first-order valence-electron chi connectivity index (χ1n) is 7.81. The number of nitrogens with two attached hydrogens (primary N) is 1. The van der Waals surface area contributed by atoms with Crippen molar-refractivity contribution in [1.82, 2.24) is 10.3 Å². The van der Waals surface area contributed by atoms with E-state index in [1.54, 1.807) is 36.7 Å². The summed E-state index contributed by atoms with van der Waals surface area (Å²) in [7, 11) is 0. The number of amides is 2. The van der Waals surface area contributed by atoms with Gasteiger partial charge in [-0.3, -0.25) is 14.6 Å². The van der Waals surface area contributed by atoms with Gasteiger partial charge in [0.05, 0.1) is 6.04 Å². The maximum Gasteiger partial charge on any atom is 0.255 e. The lowest BCUT2D eigenvalue weighted by molar-refractivity contribution is -0.123. The number of nitrogens with one attached hydrogen (secondary N) is 2. The van der Waals surface area contributed by atoms with Crippen LogP contribution in [0.15, 0.2) is 48.8 Å². The zero-order valence-electron chi connectivity index (χ0n) is 14.6. The van der Waals surface area contributed by atoms with Crippen molar-refractivity contribution >= 4 is 42.3 Å². The molecule has 0 radical (unpaired) electrons. The number of pyridine rings is 1. The van der Waals surface area contributed by atoms with E-state index in [9.17, 15) is 9.59 Å². The molecule has 0 aliphatic rings. The van der Waals surface area contributed by atoms with Gasteiger partial charge in [-0.2, -0.15) is 0 Å². The van der Waals surface area contributed by atoms with Crippen LogP contribution < -0.4 is 16.4 Å². The highest BCUT2D eigenvalue weighted by atomic mass is 35.5. The number of aromatic nitrogens is 1. The molecular weight excluding hydrogens is 375 g/mol. The van der Waals surface area contributed by atoms with Gasteiger partial charge in [-0.1, -0.05) is 26.0 Å². The molecule has 0 unspecified atom stereocenters. The van der Waals surface area contributed by atoms with Crippen molar-refractivity contribution in [1.29, 1.82) is 0 Å². The van der Waals surface area contributed by atoms with Gasteiger partial charge in [0.25, 0.3) is 5.91 Å². The molecule has 0 bridgehead atoms. The third-order valence-corrected chi connectivity index (χ3v) is 3.64. The van der Waals surface area contributed by atoms with Crippen LogP contribution in [-0.4, -0.2) is 22.8 Å². The van der Waals surface area contributed by atoms with E-state index in [1.165, 1.54) is 0 Å². The Kier molecular flexibility index (Phi) is 10.5. The van der Waals surface area contributed by atoms with Crippen molar-refractivity contribution in [3.05, 3.63) is 59.9 Å². The zero-order valence-corrected chi connectivity index (χ0v) is 16.3. The largest absolute Gasteiger partial charge is 0.351 e. The van der Waals surface area contributed by atoms with Crippen molar-refractivity contribution in [2.45, 2.75) is 26.4 Å². The lowest BCUT2D eigenvalue weighted by Gasteiger charge is -2.15. The Morgan fingerprint density at radius 1 is 1.04 bits per heavy atom. The van der Waals surface area contributed by atoms with Gasteiger partial charge < -0.3 is 16.4 Å². The van der Waals surface area contributed by atoms with Gasteiger partial charge in [0.15, 0.2) is 0 Å². The first kappa shape index (κ1) is 23.9. The van der Waals surface area contributed by atoms with Crippen LogP contribution in [0.5, 0.6) is 0 Å². The summed E-state index contributed by atoms with van der Waals surface area (Å²) in [6.45, 7) is 4.19. The number of hydrogen-bond donors (Lipinski definition) is 3. The molecule has 26 heavy (non-hydrogen) atoms. The van der Waals surface area contributed by atoms with Crippen molar-refractivity contribution in [3.63, 3.8) is 0 Å². The van der Waals surface area contributed by atoms with Crippen LogP contribution in [0.1, 0.15) is 29.8 Å². The summed E-state index contributed by atoms with van der Waals surface area (Å²) < 4.78 is 0. The second-order valence-electron chi connectivity index (χ2n) is 5.87. The molecule has 6 nitrogen and oxygen atoms in total. The molecular formula is C18H24Cl2N4O2. The van der Waals surface area contributed by atoms with Crippen LogP contribution in [0.2, 0.25) is 0 Å². The molecule has 2 amide bonds. The van der Waals surface area contributed by atoms with E-state index in [0.717, 1.165) is 5.56 Å². The Morgan fingerprint density at radius 3 is 2.15 bits per heavy atom. The summed E-state index contributed by atoms with van der Waals surface area (Å²) in [5.74, 6) is -0.285. The Morgan fingerprint density at radius 2 is 1.62 bits per heavy atom. The van der Waals surface area contributed by atoms with Crippen molar-refractivity contribution in [3.8, 4) is 0 Å². The number of nitrogens with zero attached hydrogens (tertiary/aromatic N) is 1. The van der Waals surface area contributed by atoms with Gasteiger partial charge in [-0.05, 0) is 35.7 Å². The van der Waals surface area contributed by atoms with Crippen LogP contribution in [0.25, 0.3) is 0 Å². The highest BCUT2D eigenvalue weighted by Crippen LogP contribution is 2.09. The highest BCUT2D eigenvalue weighted by Gasteiger charge is 2.16. The number of hydrogen-bond acceptors (Lipinski definition) is 4. The Hall–Kier alpha value is -2.15. The van der Waals surface area contributed by atoms with Gasteiger partial charge in [-0.25, -0.2) is 0 Å². The van der Waals surface area contributed by atoms with E-state index < -0.39 is 6.04 Å². The van der Waals surface area contributed by atoms with Crippen molar-refractivity contribution in [2.24, 2.45) is 11.7 Å². The van der Waals surface area contributed by atoms with E-state index in [0.29, 0.717) is 17.8 Å². The molecule has 0 saturated heterocycles. The van der Waals surface area contributed by atoms with E-state index in [-0.39, 0.29) is 42.5 Å². The van der Waals surface area contributed by atoms with Crippen LogP contribution in [-0.2, 0) is 11.3 Å². The van der Waals surface area contributed by atoms with Gasteiger partial charge >= 0.3 is 0 Å². The van der Waals surface area contributed by atoms with E-state index >= 15 is 0 Å². The molecule has 0 aliphatic heterocycles. The minimum atomic E-state index is -0.518. The zero-order chi connectivity index (χ0) is 17.5. The molecule has 2 rings (SSSR count). The van der Waals surface area contributed by atoms with Gasteiger partial charge in [0, 0.05) is 30.2 Å². The number of carbonyl (C=O) groups is 2. The van der Waals surface area contributed by atoms with Crippen LogP contribution in [0, 0.1) is 5.92 Å². The van der Waals surface area contributed by atoms with E-state index in [1.807, 2.05) is 26.0 Å². The number of benzene rings is 1. The molecule has 1 atom stereocenters. The number of rotatable bonds is 6. The Bertz CT molecular complexity index is 694. The fourth-order valence-electron chi connectivity index (χ4n) is 2.02. The Balaban J connectivity index is 0.00000312. The predicted molar refractivity (Wildman–Crippen MR) is 108 cm³/mol. The summed E-state index contributed by atoms with van der Waals surface area (Å²) in [5, 5.41) is 5.59. The molecule has 1 aromatic carbocycles. The lowest BCUT2D eigenvalue weighted by atomic mass is 10.0. The lowest BCUT2D eigenvalue weighted by Crippen LogP contribution is -2.43. The first-order valence-corrected chi connectivity index (χ1v) is 7.81. The average molecular weight is 399 g/mol. The second kappa shape index (κ2) is 11.5. The normalized spacial score (nSPS) is 10.9. The topological polar surface area (TPSA) is 97.1 Å². The van der Waals surface area contributed by atoms with Crippen molar-refractivity contribution < 1.29 is 9.59 Å². The van der Waals surface area contributed by atoms with Crippen LogP contribution >= 0.6 is 24.8 Å². The molecule has 1 heterocycles. The number of halogens is 2. The maximum absolute atomic E-state index is 12.1. The van der Waals surface area contributed by atoms with E-state index in [4.69, 9.17) is 5.73 Å². The monoisotopic (exact) mass is 398 g/mol. The average Bonchev–Trinajstić information content (AvgIpc) is 2.60. The van der Waals surface area contributed by atoms with Crippen molar-refractivity contribution in [2.75, 3.05) is 5.32 Å². The second-order valence-corrected chi connectivity index (χ2v) is 5.87. The molecule has 1 aromatic heterocycles. The van der Waals surface area contributed by atoms with Gasteiger partial charge in [0.2, 0.25) is 5.91 Å². The fraction of sp³-hybridized carbons (Fsp3) is 0.278. The predicted octanol–water partition coefficient (Wildman–Crippen LogP) is 2.78. The number of anilines is 1. The van der Waals surface area contributed by atoms with Crippen LogP contribution in [0.4, 0.5) is 5.69 Å². The molecule has 0 aliphatic carbocycles. The molecule has 0 fully saturated rings. The fourth-order valence-corrected chi connectivity index (χ4v) is 2.02. The van der Waals surface area contributed by atoms with Gasteiger partial charge in [-0.15, -0.1) is 24.8 Å². The number of carbonyl (C=O) groups excluding carboxylic acids is 2. The molecule has 4 N–H and O–H groups in total. The van der Waals surface area contributed by atoms with Gasteiger partial charge in [0.1, 0.15) is 0 Å². The maximum atomic E-state index is 12.1. The molecule has 0 saturated carbocycles. The SMILES string of the molecule is CC(C)[C@H](N)C(=O)NCc1ccc(C(=O)Nc2ccncc2)cc1.Cl.Cl. The molecule has 0 spiro atoms. The smallest absolute Gasteiger partial charge is 0.255 e. The van der Waals surface area contributed by atoms with E-state index in [2.05, 4.69) is 15.6 Å². The standard InChI is InChI=1S/C18H22N4O2.2ClH/c1-12(2)16(19)18(24)21-11-13-3-5-14(6-4-13)17(23)22-15-7-9-20-10-8-15;;/h3-10,12,16H,11,19H2,1-2H3,(H,21,24)(H,20,22,23);2*1H/t16-;;/m0../s1. The summed E-state index contributed by atoms with van der Waals surface area (Å²) in [6.07, 6.45) is 3.23. The Labute approximate surface area is 165 Å². The quantitative estimate of drug-likeness (QED) is 0.696. The first-order chi connectivity index (χ1) is 11.5. The third-order valence-electron chi connectivity index (χ3n) is 3.64. The summed E-state index contributed by atoms with van der Waals surface area (Å²) >= 11 is 0. The minimum Gasteiger partial charge on any atom is -0.351 e.